The van der Waals surface area contributed by atoms with E-state index < -0.39 is 0 Å². The number of carbonyl (C=O) groups is 1. The molecule has 1 aliphatic rings. The summed E-state index contributed by atoms with van der Waals surface area (Å²) in [5, 5.41) is 8.86. The van der Waals surface area contributed by atoms with Gasteiger partial charge in [-0.2, -0.15) is 0 Å². The van der Waals surface area contributed by atoms with E-state index in [4.69, 9.17) is 5.11 Å². The van der Waals surface area contributed by atoms with Crippen molar-refractivity contribution in [1.82, 2.24) is 4.90 Å². The summed E-state index contributed by atoms with van der Waals surface area (Å²) in [7, 11) is 0. The highest BCUT2D eigenvalue weighted by Crippen LogP contribution is 2.18. The zero-order valence-electron chi connectivity index (χ0n) is 10.0. The average molecular weight is 269 g/mol. The minimum Gasteiger partial charge on any atom is -0.396 e. The number of benzene rings is 1. The molecule has 2 rings (SSSR count). The third kappa shape index (κ3) is 3.46. The van der Waals surface area contributed by atoms with Crippen LogP contribution in [0.25, 0.3) is 0 Å². The highest BCUT2D eigenvalue weighted by atomic mass is 32.2. The van der Waals surface area contributed by atoms with Gasteiger partial charge in [0.1, 0.15) is 5.82 Å². The number of likely N-dealkylation sites (tertiary alicyclic amines) is 1. The van der Waals surface area contributed by atoms with E-state index in [0.717, 1.165) is 5.56 Å². The van der Waals surface area contributed by atoms with Crippen LogP contribution in [0.15, 0.2) is 24.3 Å². The van der Waals surface area contributed by atoms with E-state index in [2.05, 4.69) is 0 Å². The number of rotatable bonds is 5. The smallest absolute Gasteiger partial charge is 0.232 e. The Labute approximate surface area is 110 Å². The molecule has 1 fully saturated rings. The van der Waals surface area contributed by atoms with Gasteiger partial charge in [-0.3, -0.25) is 4.79 Å². The van der Waals surface area contributed by atoms with Crippen molar-refractivity contribution in [3.63, 3.8) is 0 Å². The molecule has 98 valence electrons. The second-order valence-electron chi connectivity index (χ2n) is 4.47. The van der Waals surface area contributed by atoms with Crippen molar-refractivity contribution < 1.29 is 14.3 Å². The summed E-state index contributed by atoms with van der Waals surface area (Å²) in [6, 6.07) is 6.33. The molecule has 0 unspecified atom stereocenters. The van der Waals surface area contributed by atoms with Crippen LogP contribution < -0.4 is 0 Å². The number of hydrogen-bond donors (Lipinski definition) is 1. The van der Waals surface area contributed by atoms with Crippen LogP contribution in [0.4, 0.5) is 4.39 Å². The predicted molar refractivity (Wildman–Crippen MR) is 69.7 cm³/mol. The van der Waals surface area contributed by atoms with E-state index in [1.807, 2.05) is 0 Å². The number of amides is 1. The lowest BCUT2D eigenvalue weighted by Crippen LogP contribution is -2.51. The zero-order valence-corrected chi connectivity index (χ0v) is 10.8. The van der Waals surface area contributed by atoms with Crippen LogP contribution in [0.3, 0.4) is 0 Å². The molecule has 1 aliphatic heterocycles. The second kappa shape index (κ2) is 6.20. The van der Waals surface area contributed by atoms with Gasteiger partial charge in [-0.05, 0) is 17.7 Å². The fraction of sp³-hybridized carbons (Fsp3) is 0.462. The lowest BCUT2D eigenvalue weighted by Gasteiger charge is -2.38. The van der Waals surface area contributed by atoms with Gasteiger partial charge < -0.3 is 10.0 Å². The maximum absolute atomic E-state index is 12.7. The molecule has 1 amide bonds. The number of halogens is 1. The SMILES string of the molecule is O=C(CSCc1ccc(F)cc1)N1CC(CO)C1. The summed E-state index contributed by atoms with van der Waals surface area (Å²) in [6.45, 7) is 1.51. The van der Waals surface area contributed by atoms with Crippen LogP contribution in [0.5, 0.6) is 0 Å². The van der Waals surface area contributed by atoms with E-state index in [-0.39, 0.29) is 24.2 Å². The molecule has 0 saturated carbocycles. The molecule has 1 saturated heterocycles. The van der Waals surface area contributed by atoms with Crippen molar-refractivity contribution in [2.24, 2.45) is 5.92 Å². The van der Waals surface area contributed by atoms with Crippen molar-refractivity contribution >= 4 is 17.7 Å². The molecular formula is C13H16FNO2S. The highest BCUT2D eigenvalue weighted by Gasteiger charge is 2.29. The molecule has 0 spiro atoms. The summed E-state index contributed by atoms with van der Waals surface area (Å²) >= 11 is 1.53. The molecule has 1 N–H and O–H groups in total. The van der Waals surface area contributed by atoms with Gasteiger partial charge in [-0.1, -0.05) is 12.1 Å². The van der Waals surface area contributed by atoms with Crippen molar-refractivity contribution in [2.45, 2.75) is 5.75 Å². The number of nitrogens with zero attached hydrogens (tertiary/aromatic N) is 1. The molecule has 0 radical (unpaired) electrons. The Morgan fingerprint density at radius 1 is 1.39 bits per heavy atom. The summed E-state index contributed by atoms with van der Waals surface area (Å²) in [5.74, 6) is 1.29. The van der Waals surface area contributed by atoms with Crippen LogP contribution >= 0.6 is 11.8 Å². The van der Waals surface area contributed by atoms with Crippen LogP contribution in [-0.2, 0) is 10.5 Å². The van der Waals surface area contributed by atoms with Gasteiger partial charge in [0.2, 0.25) is 5.91 Å². The first-order chi connectivity index (χ1) is 8.69. The topological polar surface area (TPSA) is 40.5 Å². The molecule has 0 aromatic heterocycles. The Hall–Kier alpha value is -1.07. The zero-order chi connectivity index (χ0) is 13.0. The quantitative estimate of drug-likeness (QED) is 0.881. The Balaban J connectivity index is 1.66. The van der Waals surface area contributed by atoms with Gasteiger partial charge in [0.05, 0.1) is 5.75 Å². The number of hydrogen-bond acceptors (Lipinski definition) is 3. The molecule has 1 heterocycles. The number of aliphatic hydroxyl groups is 1. The minimum atomic E-state index is -0.240. The molecule has 0 aliphatic carbocycles. The monoisotopic (exact) mass is 269 g/mol. The van der Waals surface area contributed by atoms with Gasteiger partial charge in [0.15, 0.2) is 0 Å². The first kappa shape index (κ1) is 13.4. The molecule has 0 atom stereocenters. The van der Waals surface area contributed by atoms with Crippen molar-refractivity contribution in [3.05, 3.63) is 35.6 Å². The Bertz CT molecular complexity index is 404. The molecular weight excluding hydrogens is 253 g/mol. The molecule has 0 bridgehead atoms. The van der Waals surface area contributed by atoms with Crippen LogP contribution in [-0.4, -0.2) is 41.4 Å². The third-order valence-electron chi connectivity index (χ3n) is 2.98. The van der Waals surface area contributed by atoms with Crippen molar-refractivity contribution in [2.75, 3.05) is 25.4 Å². The Morgan fingerprint density at radius 2 is 2.06 bits per heavy atom. The van der Waals surface area contributed by atoms with Gasteiger partial charge in [0.25, 0.3) is 0 Å². The summed E-state index contributed by atoms with van der Waals surface area (Å²) in [6.07, 6.45) is 0. The fourth-order valence-electron chi connectivity index (χ4n) is 1.82. The fourth-order valence-corrected chi connectivity index (χ4v) is 2.70. The minimum absolute atomic E-state index is 0.117. The van der Waals surface area contributed by atoms with E-state index in [9.17, 15) is 9.18 Å². The highest BCUT2D eigenvalue weighted by molar-refractivity contribution is 7.99. The summed E-state index contributed by atoms with van der Waals surface area (Å²) < 4.78 is 12.7. The van der Waals surface area contributed by atoms with Crippen LogP contribution in [0, 0.1) is 11.7 Å². The van der Waals surface area contributed by atoms with E-state index in [1.165, 1.54) is 23.9 Å². The second-order valence-corrected chi connectivity index (χ2v) is 5.45. The average Bonchev–Trinajstić information content (AvgIpc) is 2.30. The maximum Gasteiger partial charge on any atom is 0.232 e. The third-order valence-corrected chi connectivity index (χ3v) is 3.96. The normalized spacial score (nSPS) is 15.6. The Kier molecular flexibility index (Phi) is 4.60. The van der Waals surface area contributed by atoms with E-state index in [1.54, 1.807) is 17.0 Å². The maximum atomic E-state index is 12.7. The molecule has 1 aromatic carbocycles. The number of carbonyl (C=O) groups excluding carboxylic acids is 1. The van der Waals surface area contributed by atoms with Gasteiger partial charge in [-0.25, -0.2) is 4.39 Å². The molecule has 5 heteroatoms. The molecule has 1 aromatic rings. The van der Waals surface area contributed by atoms with E-state index in [0.29, 0.717) is 24.6 Å². The van der Waals surface area contributed by atoms with Gasteiger partial charge in [-0.15, -0.1) is 11.8 Å². The molecule has 3 nitrogen and oxygen atoms in total. The lowest BCUT2D eigenvalue weighted by molar-refractivity contribution is -0.135. The summed E-state index contributed by atoms with van der Waals surface area (Å²) in [5.41, 5.74) is 1.02. The van der Waals surface area contributed by atoms with Crippen LogP contribution in [0.1, 0.15) is 5.56 Å². The van der Waals surface area contributed by atoms with Crippen LogP contribution in [0.2, 0.25) is 0 Å². The van der Waals surface area contributed by atoms with E-state index >= 15 is 0 Å². The Morgan fingerprint density at radius 3 is 2.67 bits per heavy atom. The predicted octanol–water partition coefficient (Wildman–Crippen LogP) is 1.51. The number of aliphatic hydroxyl groups excluding tert-OH is 1. The lowest BCUT2D eigenvalue weighted by atomic mass is 10.0. The standard InChI is InChI=1S/C13H16FNO2S/c14-12-3-1-10(2-4-12)8-18-9-13(17)15-5-11(6-15)7-16/h1-4,11,16H,5-9H2. The summed E-state index contributed by atoms with van der Waals surface area (Å²) in [4.78, 5) is 13.5. The largest absolute Gasteiger partial charge is 0.396 e. The first-order valence-corrected chi connectivity index (χ1v) is 7.05. The van der Waals surface area contributed by atoms with Crippen molar-refractivity contribution in [3.8, 4) is 0 Å². The van der Waals surface area contributed by atoms with Crippen molar-refractivity contribution in [1.29, 1.82) is 0 Å². The molecule has 18 heavy (non-hydrogen) atoms. The number of thioether (sulfide) groups is 1. The van der Waals surface area contributed by atoms with Gasteiger partial charge >= 0.3 is 0 Å². The first-order valence-electron chi connectivity index (χ1n) is 5.90. The van der Waals surface area contributed by atoms with Gasteiger partial charge in [0, 0.05) is 31.4 Å².